The van der Waals surface area contributed by atoms with Crippen LogP contribution in [0.15, 0.2) is 10.6 Å². The van der Waals surface area contributed by atoms with Gasteiger partial charge in [-0.1, -0.05) is 19.0 Å². The number of carbonyl (C=O) groups excluding carboxylic acids is 2. The number of nitrogens with two attached hydrogens (primary N) is 1. The summed E-state index contributed by atoms with van der Waals surface area (Å²) in [4.78, 5) is 24.2. The number of hydrogen-bond acceptors (Lipinski definition) is 6. The monoisotopic (exact) mass is 392 g/mol. The van der Waals surface area contributed by atoms with Crippen molar-refractivity contribution in [1.29, 1.82) is 0 Å². The zero-order valence-corrected chi connectivity index (χ0v) is 17.1. The van der Waals surface area contributed by atoms with Crippen LogP contribution in [-0.2, 0) is 9.59 Å². The van der Waals surface area contributed by atoms with Gasteiger partial charge in [-0.15, -0.1) is 24.2 Å². The van der Waals surface area contributed by atoms with Gasteiger partial charge in [-0.25, -0.2) is 0 Å². The van der Waals surface area contributed by atoms with Gasteiger partial charge in [-0.05, 0) is 33.1 Å². The first-order valence-corrected chi connectivity index (χ1v) is 9.07. The molecule has 4 N–H and O–H groups in total. The van der Waals surface area contributed by atoms with E-state index < -0.39 is 5.54 Å². The fourth-order valence-electron chi connectivity index (χ4n) is 2.39. The third-order valence-electron chi connectivity index (χ3n) is 3.46. The molecule has 2 unspecified atom stereocenters. The zero-order chi connectivity index (χ0) is 18.3. The van der Waals surface area contributed by atoms with Gasteiger partial charge in [-0.3, -0.25) is 9.59 Å². The maximum absolute atomic E-state index is 12.1. The van der Waals surface area contributed by atoms with Gasteiger partial charge in [0.25, 0.3) is 0 Å². The van der Waals surface area contributed by atoms with Crippen LogP contribution in [0.5, 0.6) is 0 Å². The Hall–Kier alpha value is -1.25. The van der Waals surface area contributed by atoms with Gasteiger partial charge in [0.1, 0.15) is 5.76 Å². The highest BCUT2D eigenvalue weighted by Gasteiger charge is 2.26. The summed E-state index contributed by atoms with van der Waals surface area (Å²) < 4.78 is 4.89. The minimum Gasteiger partial charge on any atom is -0.360 e. The highest BCUT2D eigenvalue weighted by atomic mass is 35.5. The number of rotatable bonds is 9. The van der Waals surface area contributed by atoms with Crippen LogP contribution in [0.1, 0.15) is 39.9 Å². The maximum atomic E-state index is 12.1. The van der Waals surface area contributed by atoms with Crippen molar-refractivity contribution < 1.29 is 14.1 Å². The lowest BCUT2D eigenvalue weighted by Gasteiger charge is -2.31. The fourth-order valence-corrected chi connectivity index (χ4v) is 3.07. The lowest BCUT2D eigenvalue weighted by Crippen LogP contribution is -2.52. The Labute approximate surface area is 159 Å². The van der Waals surface area contributed by atoms with Crippen molar-refractivity contribution in [3.8, 4) is 0 Å². The quantitative estimate of drug-likeness (QED) is 0.594. The smallest absolute Gasteiger partial charge is 0.238 e. The second-order valence-electron chi connectivity index (χ2n) is 6.68. The van der Waals surface area contributed by atoms with Gasteiger partial charge in [0.05, 0.1) is 11.0 Å². The molecule has 0 aromatic carbocycles. The zero-order valence-electron chi connectivity index (χ0n) is 15.4. The average molecular weight is 393 g/mol. The number of carbonyl (C=O) groups is 2. The molecule has 7 nitrogen and oxygen atoms in total. The standard InChI is InChI=1S/C16H28N4O3S.ClH/c1-10(2)7-16(5,9-17)19-14(21)8-24-12(4)15(22)18-13-6-11(3)23-20-13;/h6,10,12H,7-9,17H2,1-5H3,(H,19,21)(H,18,20,22);1H. The van der Waals surface area contributed by atoms with Crippen molar-refractivity contribution >= 4 is 41.8 Å². The summed E-state index contributed by atoms with van der Waals surface area (Å²) in [5.74, 6) is 1.29. The molecule has 1 heterocycles. The Balaban J connectivity index is 0.00000576. The Bertz CT molecular complexity index is 567. The Morgan fingerprint density at radius 2 is 2.04 bits per heavy atom. The van der Waals surface area contributed by atoms with Crippen LogP contribution in [0.25, 0.3) is 0 Å². The number of thioether (sulfide) groups is 1. The minimum atomic E-state index is -0.421. The number of hydrogen-bond donors (Lipinski definition) is 3. The molecule has 0 aliphatic rings. The van der Waals surface area contributed by atoms with E-state index >= 15 is 0 Å². The summed E-state index contributed by atoms with van der Waals surface area (Å²) in [7, 11) is 0. The molecule has 1 rings (SSSR count). The van der Waals surface area contributed by atoms with Crippen LogP contribution in [0.4, 0.5) is 5.82 Å². The second kappa shape index (κ2) is 10.7. The topological polar surface area (TPSA) is 110 Å². The molecule has 0 saturated heterocycles. The molecule has 9 heteroatoms. The minimum absolute atomic E-state index is 0. The summed E-state index contributed by atoms with van der Waals surface area (Å²) in [6.45, 7) is 9.99. The highest BCUT2D eigenvalue weighted by molar-refractivity contribution is 8.01. The summed E-state index contributed by atoms with van der Waals surface area (Å²) in [5.41, 5.74) is 5.37. The molecule has 1 aromatic rings. The summed E-state index contributed by atoms with van der Waals surface area (Å²) in [5, 5.41) is 8.96. The molecule has 25 heavy (non-hydrogen) atoms. The van der Waals surface area contributed by atoms with E-state index in [-0.39, 0.29) is 35.2 Å². The molecule has 2 atom stereocenters. The first-order valence-electron chi connectivity index (χ1n) is 8.02. The van der Waals surface area contributed by atoms with Crippen molar-refractivity contribution in [1.82, 2.24) is 10.5 Å². The molecule has 0 fully saturated rings. The van der Waals surface area contributed by atoms with Crippen LogP contribution >= 0.6 is 24.2 Å². The maximum Gasteiger partial charge on any atom is 0.238 e. The Morgan fingerprint density at radius 3 is 2.52 bits per heavy atom. The molecular formula is C16H29ClN4O3S. The van der Waals surface area contributed by atoms with Crippen LogP contribution < -0.4 is 16.4 Å². The number of amides is 2. The van der Waals surface area contributed by atoms with E-state index in [0.29, 0.717) is 24.0 Å². The first-order chi connectivity index (χ1) is 11.1. The van der Waals surface area contributed by atoms with Crippen LogP contribution in [0, 0.1) is 12.8 Å². The van der Waals surface area contributed by atoms with E-state index in [1.165, 1.54) is 11.8 Å². The van der Waals surface area contributed by atoms with E-state index in [9.17, 15) is 9.59 Å². The number of aromatic nitrogens is 1. The predicted molar refractivity (Wildman–Crippen MR) is 104 cm³/mol. The summed E-state index contributed by atoms with van der Waals surface area (Å²) in [6.07, 6.45) is 0.807. The largest absolute Gasteiger partial charge is 0.360 e. The van der Waals surface area contributed by atoms with E-state index in [0.717, 1.165) is 6.42 Å². The van der Waals surface area contributed by atoms with Crippen molar-refractivity contribution in [2.45, 2.75) is 51.8 Å². The SMILES string of the molecule is Cc1cc(NC(=O)C(C)SCC(=O)NC(C)(CN)CC(C)C)no1.Cl. The third kappa shape index (κ3) is 8.60. The third-order valence-corrected chi connectivity index (χ3v) is 4.61. The molecule has 0 radical (unpaired) electrons. The average Bonchev–Trinajstić information content (AvgIpc) is 2.88. The summed E-state index contributed by atoms with van der Waals surface area (Å²) >= 11 is 1.27. The van der Waals surface area contributed by atoms with Crippen molar-refractivity contribution in [3.63, 3.8) is 0 Å². The van der Waals surface area contributed by atoms with Crippen molar-refractivity contribution in [2.24, 2.45) is 11.7 Å². The predicted octanol–water partition coefficient (Wildman–Crippen LogP) is 2.34. The molecule has 0 bridgehead atoms. The van der Waals surface area contributed by atoms with Crippen LogP contribution in [0.3, 0.4) is 0 Å². The fraction of sp³-hybridized carbons (Fsp3) is 0.688. The number of nitrogens with one attached hydrogen (secondary N) is 2. The van der Waals surface area contributed by atoms with Crippen molar-refractivity contribution in [3.05, 3.63) is 11.8 Å². The molecule has 0 saturated carbocycles. The van der Waals surface area contributed by atoms with Crippen LogP contribution in [0.2, 0.25) is 0 Å². The molecular weight excluding hydrogens is 364 g/mol. The Kier molecular flexibility index (Phi) is 10.1. The van der Waals surface area contributed by atoms with Gasteiger partial charge in [-0.2, -0.15) is 0 Å². The number of nitrogens with zero attached hydrogens (tertiary/aromatic N) is 1. The van der Waals surface area contributed by atoms with Gasteiger partial charge < -0.3 is 20.9 Å². The highest BCUT2D eigenvalue weighted by Crippen LogP contribution is 2.17. The molecule has 0 aliphatic carbocycles. The lowest BCUT2D eigenvalue weighted by molar-refractivity contribution is -0.120. The van der Waals surface area contributed by atoms with Gasteiger partial charge in [0, 0.05) is 18.2 Å². The van der Waals surface area contributed by atoms with Gasteiger partial charge in [0.15, 0.2) is 5.82 Å². The van der Waals surface area contributed by atoms with Gasteiger partial charge >= 0.3 is 0 Å². The van der Waals surface area contributed by atoms with Crippen LogP contribution in [-0.4, -0.2) is 40.1 Å². The first kappa shape index (κ1) is 23.8. The van der Waals surface area contributed by atoms with Crippen molar-refractivity contribution in [2.75, 3.05) is 17.6 Å². The number of halogens is 1. The van der Waals surface area contributed by atoms with E-state index in [2.05, 4.69) is 29.6 Å². The molecule has 0 spiro atoms. The lowest BCUT2D eigenvalue weighted by atomic mass is 9.91. The number of aryl methyl sites for hydroxylation is 1. The molecule has 1 aromatic heterocycles. The second-order valence-corrected chi connectivity index (χ2v) is 8.01. The molecule has 2 amide bonds. The Morgan fingerprint density at radius 1 is 1.40 bits per heavy atom. The summed E-state index contributed by atoms with van der Waals surface area (Å²) in [6, 6.07) is 1.64. The molecule has 0 aliphatic heterocycles. The normalized spacial score (nSPS) is 14.4. The van der Waals surface area contributed by atoms with E-state index in [4.69, 9.17) is 10.3 Å². The molecule has 144 valence electrons. The number of anilines is 1. The van der Waals surface area contributed by atoms with E-state index in [1.54, 1.807) is 19.9 Å². The van der Waals surface area contributed by atoms with E-state index in [1.807, 2.05) is 6.92 Å². The van der Waals surface area contributed by atoms with Gasteiger partial charge in [0.2, 0.25) is 11.8 Å².